The number of hydrogen-bond acceptors (Lipinski definition) is 6. The molecule has 0 saturated carbocycles. The van der Waals surface area contributed by atoms with Crippen LogP contribution in [0.1, 0.15) is 26.4 Å². The molecule has 1 heterocycles. The highest BCUT2D eigenvalue weighted by atomic mass is 35.5. The summed E-state index contributed by atoms with van der Waals surface area (Å²) in [6.45, 7) is 0. The maximum Gasteiger partial charge on any atom is 0.345 e. The van der Waals surface area contributed by atoms with E-state index in [0.717, 1.165) is 16.5 Å². The fourth-order valence-corrected chi connectivity index (χ4v) is 4.50. The van der Waals surface area contributed by atoms with E-state index in [1.54, 1.807) is 49.6 Å². The van der Waals surface area contributed by atoms with Crippen LogP contribution in [0.3, 0.4) is 0 Å². The predicted octanol–water partition coefficient (Wildman–Crippen LogP) is 6.49. The van der Waals surface area contributed by atoms with Crippen LogP contribution < -0.4 is 19.6 Å². The Morgan fingerprint density at radius 2 is 1.60 bits per heavy atom. The predicted molar refractivity (Wildman–Crippen MR) is 155 cm³/mol. The number of aromatic amines is 1. The number of carbonyl (C=O) groups is 2. The number of rotatable bonds is 8. The Kier molecular flexibility index (Phi) is 7.80. The summed E-state index contributed by atoms with van der Waals surface area (Å²) in [5.74, 6) is 0.116. The molecule has 2 N–H and O–H groups in total. The van der Waals surface area contributed by atoms with Crippen molar-refractivity contribution in [2.24, 2.45) is 5.10 Å². The van der Waals surface area contributed by atoms with Crippen molar-refractivity contribution >= 4 is 40.6 Å². The number of ether oxygens (including phenoxy) is 3. The van der Waals surface area contributed by atoms with Crippen LogP contribution in [0, 0.1) is 0 Å². The molecule has 0 aliphatic heterocycles. The van der Waals surface area contributed by atoms with E-state index in [0.29, 0.717) is 28.3 Å². The van der Waals surface area contributed by atoms with E-state index in [2.05, 4.69) is 15.5 Å². The smallest absolute Gasteiger partial charge is 0.345 e. The van der Waals surface area contributed by atoms with Gasteiger partial charge in [-0.3, -0.25) is 4.79 Å². The first-order chi connectivity index (χ1) is 19.5. The SMILES string of the molecule is COc1cc(C=NNC(=O)c2[nH]c3c(OC)cccc3c2-c2ccccc2)ccc1OC(=O)c1ccccc1Cl. The van der Waals surface area contributed by atoms with Gasteiger partial charge in [-0.15, -0.1) is 0 Å². The van der Waals surface area contributed by atoms with E-state index >= 15 is 0 Å². The largest absolute Gasteiger partial charge is 0.495 e. The number of benzene rings is 4. The van der Waals surface area contributed by atoms with Crippen LogP contribution >= 0.6 is 11.6 Å². The molecule has 0 bridgehead atoms. The average molecular weight is 554 g/mol. The highest BCUT2D eigenvalue weighted by molar-refractivity contribution is 6.33. The summed E-state index contributed by atoms with van der Waals surface area (Å²) in [6, 6.07) is 26.8. The van der Waals surface area contributed by atoms with Crippen molar-refractivity contribution in [2.45, 2.75) is 0 Å². The van der Waals surface area contributed by atoms with Crippen LogP contribution in [-0.4, -0.2) is 37.3 Å². The Labute approximate surface area is 235 Å². The van der Waals surface area contributed by atoms with E-state index < -0.39 is 11.9 Å². The summed E-state index contributed by atoms with van der Waals surface area (Å²) >= 11 is 6.10. The number of carbonyl (C=O) groups excluding carboxylic acids is 2. The highest BCUT2D eigenvalue weighted by Crippen LogP contribution is 2.36. The number of nitrogens with one attached hydrogen (secondary N) is 2. The lowest BCUT2D eigenvalue weighted by atomic mass is 10.0. The molecule has 0 spiro atoms. The van der Waals surface area contributed by atoms with Gasteiger partial charge in [0.1, 0.15) is 11.4 Å². The lowest BCUT2D eigenvalue weighted by Gasteiger charge is -2.10. The third-order valence-electron chi connectivity index (χ3n) is 6.17. The van der Waals surface area contributed by atoms with Crippen molar-refractivity contribution in [2.75, 3.05) is 14.2 Å². The van der Waals surface area contributed by atoms with E-state index in [1.807, 2.05) is 48.5 Å². The summed E-state index contributed by atoms with van der Waals surface area (Å²) in [5.41, 5.74) is 6.12. The molecule has 0 atom stereocenters. The molecule has 0 unspecified atom stereocenters. The molecule has 9 heteroatoms. The van der Waals surface area contributed by atoms with E-state index in [4.69, 9.17) is 25.8 Å². The van der Waals surface area contributed by atoms with E-state index in [1.165, 1.54) is 13.3 Å². The molecule has 5 aromatic rings. The van der Waals surface area contributed by atoms with Crippen LogP contribution in [-0.2, 0) is 0 Å². The molecule has 5 rings (SSSR count). The van der Waals surface area contributed by atoms with E-state index in [-0.39, 0.29) is 16.3 Å². The van der Waals surface area contributed by atoms with Crippen molar-refractivity contribution in [1.29, 1.82) is 0 Å². The maximum absolute atomic E-state index is 13.3. The van der Waals surface area contributed by atoms with Gasteiger partial charge in [0.25, 0.3) is 5.91 Å². The molecule has 4 aromatic carbocycles. The van der Waals surface area contributed by atoms with Crippen LogP contribution in [0.4, 0.5) is 0 Å². The molecule has 40 heavy (non-hydrogen) atoms. The Morgan fingerprint density at radius 3 is 2.35 bits per heavy atom. The Hall–Kier alpha value is -5.08. The molecule has 1 amide bonds. The highest BCUT2D eigenvalue weighted by Gasteiger charge is 2.21. The minimum Gasteiger partial charge on any atom is -0.495 e. The second kappa shape index (κ2) is 11.8. The summed E-state index contributed by atoms with van der Waals surface area (Å²) in [6.07, 6.45) is 1.46. The fraction of sp³-hybridized carbons (Fsp3) is 0.0645. The maximum atomic E-state index is 13.3. The molecular formula is C31H24ClN3O5. The van der Waals surface area contributed by atoms with Crippen molar-refractivity contribution in [1.82, 2.24) is 10.4 Å². The van der Waals surface area contributed by atoms with Gasteiger partial charge in [0.2, 0.25) is 0 Å². The van der Waals surface area contributed by atoms with Crippen molar-refractivity contribution in [3.63, 3.8) is 0 Å². The monoisotopic (exact) mass is 553 g/mol. The van der Waals surface area contributed by atoms with Gasteiger partial charge in [-0.05, 0) is 47.5 Å². The topological polar surface area (TPSA) is 102 Å². The number of fused-ring (bicyclic) bond motifs is 1. The summed E-state index contributed by atoms with van der Waals surface area (Å²) < 4.78 is 16.4. The zero-order chi connectivity index (χ0) is 28.1. The molecule has 0 aliphatic carbocycles. The molecule has 200 valence electrons. The van der Waals surface area contributed by atoms with Gasteiger partial charge in [-0.25, -0.2) is 10.2 Å². The van der Waals surface area contributed by atoms with Crippen molar-refractivity contribution in [3.8, 4) is 28.4 Å². The van der Waals surface area contributed by atoms with Crippen molar-refractivity contribution < 1.29 is 23.8 Å². The van der Waals surface area contributed by atoms with Crippen LogP contribution in [0.25, 0.3) is 22.0 Å². The quantitative estimate of drug-likeness (QED) is 0.0989. The number of hydrazone groups is 1. The van der Waals surface area contributed by atoms with Gasteiger partial charge in [0.15, 0.2) is 11.5 Å². The third-order valence-corrected chi connectivity index (χ3v) is 6.50. The first kappa shape index (κ1) is 26.5. The number of nitrogens with zero attached hydrogens (tertiary/aromatic N) is 1. The minimum absolute atomic E-state index is 0.216. The van der Waals surface area contributed by atoms with Gasteiger partial charge >= 0.3 is 5.97 Å². The zero-order valence-corrected chi connectivity index (χ0v) is 22.4. The van der Waals surface area contributed by atoms with Gasteiger partial charge in [-0.2, -0.15) is 5.10 Å². The minimum atomic E-state index is -0.609. The number of hydrogen-bond donors (Lipinski definition) is 2. The molecule has 8 nitrogen and oxygen atoms in total. The van der Waals surface area contributed by atoms with Crippen LogP contribution in [0.5, 0.6) is 17.2 Å². The van der Waals surface area contributed by atoms with Gasteiger partial charge < -0.3 is 19.2 Å². The number of methoxy groups -OCH3 is 2. The van der Waals surface area contributed by atoms with E-state index in [9.17, 15) is 9.59 Å². The first-order valence-corrected chi connectivity index (χ1v) is 12.6. The number of esters is 1. The molecule has 0 fully saturated rings. The van der Waals surface area contributed by atoms with Crippen LogP contribution in [0.2, 0.25) is 5.02 Å². The Bertz CT molecular complexity index is 1730. The zero-order valence-electron chi connectivity index (χ0n) is 21.6. The van der Waals surface area contributed by atoms with Crippen LogP contribution in [0.15, 0.2) is 96.1 Å². The number of H-pyrrole nitrogens is 1. The second-order valence-electron chi connectivity index (χ2n) is 8.60. The average Bonchev–Trinajstić information content (AvgIpc) is 3.38. The number of amides is 1. The van der Waals surface area contributed by atoms with Gasteiger partial charge in [0, 0.05) is 10.9 Å². The molecule has 0 radical (unpaired) electrons. The third kappa shape index (κ3) is 5.39. The van der Waals surface area contributed by atoms with Crippen molar-refractivity contribution in [3.05, 3.63) is 113 Å². The lowest BCUT2D eigenvalue weighted by molar-refractivity contribution is 0.0729. The second-order valence-corrected chi connectivity index (χ2v) is 9.01. The molecular weight excluding hydrogens is 530 g/mol. The summed E-state index contributed by atoms with van der Waals surface area (Å²) in [4.78, 5) is 29.0. The number of halogens is 1. The Balaban J connectivity index is 1.37. The molecule has 0 saturated heterocycles. The number of para-hydroxylation sites is 1. The Morgan fingerprint density at radius 1 is 0.850 bits per heavy atom. The van der Waals surface area contributed by atoms with Gasteiger partial charge in [-0.1, -0.05) is 66.2 Å². The fourth-order valence-electron chi connectivity index (χ4n) is 4.29. The lowest BCUT2D eigenvalue weighted by Crippen LogP contribution is -2.18. The number of aromatic nitrogens is 1. The van der Waals surface area contributed by atoms with Gasteiger partial charge in [0.05, 0.1) is 36.5 Å². The standard InChI is InChI=1S/C31H24ClN3O5/c1-38-25-14-8-12-22-27(20-9-4-3-5-10-20)29(34-28(22)25)30(36)35-33-18-19-15-16-24(26(17-19)39-2)40-31(37)21-11-6-7-13-23(21)32/h3-18,34H,1-2H3,(H,35,36). The molecule has 1 aromatic heterocycles. The normalized spacial score (nSPS) is 11.0. The summed E-state index contributed by atoms with van der Waals surface area (Å²) in [5, 5.41) is 5.27. The molecule has 0 aliphatic rings. The first-order valence-electron chi connectivity index (χ1n) is 12.2. The summed E-state index contributed by atoms with van der Waals surface area (Å²) in [7, 11) is 3.04.